The first-order chi connectivity index (χ1) is 13.2. The Kier molecular flexibility index (Phi) is 4.69. The summed E-state index contributed by atoms with van der Waals surface area (Å²) < 4.78 is 12.7. The molecule has 2 heterocycles. The third kappa shape index (κ3) is 3.59. The minimum absolute atomic E-state index is 0.0318. The average molecular weight is 365 g/mol. The van der Waals surface area contributed by atoms with Gasteiger partial charge >= 0.3 is 0 Å². The van der Waals surface area contributed by atoms with Gasteiger partial charge in [0.05, 0.1) is 5.69 Å². The summed E-state index contributed by atoms with van der Waals surface area (Å²) in [7, 11) is 0. The molecule has 1 aliphatic rings. The van der Waals surface area contributed by atoms with Crippen LogP contribution in [0, 0.1) is 0 Å². The zero-order chi connectivity index (χ0) is 18.6. The number of benzene rings is 2. The Bertz CT molecular complexity index is 925. The summed E-state index contributed by atoms with van der Waals surface area (Å²) in [5.41, 5.74) is 2.41. The first-order valence-electron chi connectivity index (χ1n) is 8.76. The van der Waals surface area contributed by atoms with E-state index < -0.39 is 0 Å². The maximum Gasteiger partial charge on any atom is 0.254 e. The Morgan fingerprint density at radius 3 is 2.59 bits per heavy atom. The number of ether oxygens (including phenoxy) is 2. The Balaban J connectivity index is 1.49. The van der Waals surface area contributed by atoms with Crippen molar-refractivity contribution in [3.05, 3.63) is 59.9 Å². The molecule has 0 fully saturated rings. The molecular formula is C19H19N5O3. The Labute approximate surface area is 156 Å². The summed E-state index contributed by atoms with van der Waals surface area (Å²) >= 11 is 0. The molecule has 0 saturated heterocycles. The summed E-state index contributed by atoms with van der Waals surface area (Å²) in [6, 6.07) is 13.0. The van der Waals surface area contributed by atoms with Crippen LogP contribution in [0.15, 0.2) is 48.8 Å². The highest BCUT2D eigenvalue weighted by Gasteiger charge is 2.17. The van der Waals surface area contributed by atoms with Gasteiger partial charge in [0.2, 0.25) is 0 Å². The molecule has 0 spiro atoms. The van der Waals surface area contributed by atoms with Crippen LogP contribution in [0.3, 0.4) is 0 Å². The summed E-state index contributed by atoms with van der Waals surface area (Å²) in [5.74, 6) is 1.45. The molecule has 2 aromatic carbocycles. The van der Waals surface area contributed by atoms with Gasteiger partial charge in [-0.05, 0) is 59.3 Å². The molecule has 0 radical (unpaired) electrons. The number of hydrogen-bond donors (Lipinski definition) is 0. The largest absolute Gasteiger partial charge is 0.486 e. The van der Waals surface area contributed by atoms with Crippen molar-refractivity contribution >= 4 is 5.91 Å². The van der Waals surface area contributed by atoms with Crippen molar-refractivity contribution < 1.29 is 14.3 Å². The number of carbonyl (C=O) groups is 1. The lowest BCUT2D eigenvalue weighted by Gasteiger charge is -2.23. The van der Waals surface area contributed by atoms with Crippen LogP contribution in [0.2, 0.25) is 0 Å². The molecule has 0 bridgehead atoms. The summed E-state index contributed by atoms with van der Waals surface area (Å²) in [4.78, 5) is 14.7. The molecular weight excluding hydrogens is 346 g/mol. The second kappa shape index (κ2) is 7.45. The number of nitrogens with zero attached hydrogens (tertiary/aromatic N) is 5. The number of rotatable bonds is 5. The van der Waals surface area contributed by atoms with Gasteiger partial charge in [-0.15, -0.1) is 5.10 Å². The normalized spacial score (nSPS) is 12.6. The fourth-order valence-corrected chi connectivity index (χ4v) is 2.95. The van der Waals surface area contributed by atoms with Gasteiger partial charge in [-0.2, -0.15) is 0 Å². The molecule has 0 atom stereocenters. The van der Waals surface area contributed by atoms with Gasteiger partial charge in [0.1, 0.15) is 19.5 Å². The topological polar surface area (TPSA) is 82.4 Å². The molecule has 1 aromatic heterocycles. The molecule has 3 aromatic rings. The lowest BCUT2D eigenvalue weighted by Crippen LogP contribution is -2.30. The summed E-state index contributed by atoms with van der Waals surface area (Å²) in [6.07, 6.45) is 1.51. The van der Waals surface area contributed by atoms with E-state index in [-0.39, 0.29) is 5.91 Å². The third-order valence-electron chi connectivity index (χ3n) is 4.38. The van der Waals surface area contributed by atoms with Gasteiger partial charge in [-0.3, -0.25) is 4.79 Å². The van der Waals surface area contributed by atoms with Gasteiger partial charge in [0.15, 0.2) is 11.5 Å². The van der Waals surface area contributed by atoms with Crippen molar-refractivity contribution in [2.24, 2.45) is 0 Å². The van der Waals surface area contributed by atoms with Crippen LogP contribution in [0.4, 0.5) is 0 Å². The van der Waals surface area contributed by atoms with Gasteiger partial charge in [0.25, 0.3) is 5.91 Å². The SMILES string of the molecule is CCN(Cc1ccc2c(c1)OCCO2)C(=O)c1ccc(-n2cnnn2)cc1. The van der Waals surface area contributed by atoms with E-state index in [1.807, 2.05) is 37.3 Å². The fraction of sp³-hybridized carbons (Fsp3) is 0.263. The molecule has 4 rings (SSSR count). The van der Waals surface area contributed by atoms with Gasteiger partial charge in [-0.25, -0.2) is 4.68 Å². The van der Waals surface area contributed by atoms with Crippen molar-refractivity contribution in [3.63, 3.8) is 0 Å². The monoisotopic (exact) mass is 365 g/mol. The Morgan fingerprint density at radius 1 is 1.11 bits per heavy atom. The molecule has 0 aliphatic carbocycles. The minimum Gasteiger partial charge on any atom is -0.486 e. The van der Waals surface area contributed by atoms with Crippen molar-refractivity contribution in [1.82, 2.24) is 25.1 Å². The molecule has 0 unspecified atom stereocenters. The third-order valence-corrected chi connectivity index (χ3v) is 4.38. The highest BCUT2D eigenvalue weighted by atomic mass is 16.6. The van der Waals surface area contributed by atoms with E-state index in [0.717, 1.165) is 22.7 Å². The van der Waals surface area contributed by atoms with Gasteiger partial charge in [0, 0.05) is 18.7 Å². The molecule has 8 nitrogen and oxygen atoms in total. The number of tetrazole rings is 1. The molecule has 1 aliphatic heterocycles. The highest BCUT2D eigenvalue weighted by molar-refractivity contribution is 5.94. The quantitative estimate of drug-likeness (QED) is 0.689. The molecule has 8 heteroatoms. The first kappa shape index (κ1) is 17.0. The van der Waals surface area contributed by atoms with Gasteiger partial charge in [-0.1, -0.05) is 6.07 Å². The van der Waals surface area contributed by atoms with Crippen molar-refractivity contribution in [1.29, 1.82) is 0 Å². The first-order valence-corrected chi connectivity index (χ1v) is 8.76. The molecule has 1 amide bonds. The highest BCUT2D eigenvalue weighted by Crippen LogP contribution is 2.31. The average Bonchev–Trinajstić information content (AvgIpc) is 3.26. The van der Waals surface area contributed by atoms with Crippen molar-refractivity contribution in [2.45, 2.75) is 13.5 Å². The van der Waals surface area contributed by atoms with Crippen molar-refractivity contribution in [3.8, 4) is 17.2 Å². The molecule has 138 valence electrons. The summed E-state index contributed by atoms with van der Waals surface area (Å²) in [5, 5.41) is 11.1. The fourth-order valence-electron chi connectivity index (χ4n) is 2.95. The van der Waals surface area contributed by atoms with E-state index in [4.69, 9.17) is 9.47 Å². The Hall–Kier alpha value is -3.42. The van der Waals surface area contributed by atoms with E-state index in [2.05, 4.69) is 15.5 Å². The second-order valence-electron chi connectivity index (χ2n) is 6.10. The predicted molar refractivity (Wildman–Crippen MR) is 97.0 cm³/mol. The second-order valence-corrected chi connectivity index (χ2v) is 6.10. The lowest BCUT2D eigenvalue weighted by atomic mass is 10.1. The molecule has 0 saturated carbocycles. The summed E-state index contributed by atoms with van der Waals surface area (Å²) in [6.45, 7) is 4.17. The Morgan fingerprint density at radius 2 is 1.89 bits per heavy atom. The standard InChI is InChI=1S/C19H19N5O3/c1-2-23(12-14-3-8-17-18(11-14)27-10-9-26-17)19(25)15-4-6-16(7-5-15)24-13-20-21-22-24/h3-8,11,13H,2,9-10,12H2,1H3. The van der Waals surface area contributed by atoms with E-state index in [0.29, 0.717) is 31.9 Å². The van der Waals surface area contributed by atoms with E-state index in [1.165, 1.54) is 6.33 Å². The maximum absolute atomic E-state index is 12.9. The van der Waals surface area contributed by atoms with Crippen LogP contribution in [0.1, 0.15) is 22.8 Å². The van der Waals surface area contributed by atoms with Crippen LogP contribution in [-0.2, 0) is 6.54 Å². The van der Waals surface area contributed by atoms with Crippen LogP contribution in [0.25, 0.3) is 5.69 Å². The van der Waals surface area contributed by atoms with E-state index in [9.17, 15) is 4.79 Å². The van der Waals surface area contributed by atoms with Crippen LogP contribution < -0.4 is 9.47 Å². The van der Waals surface area contributed by atoms with Crippen LogP contribution >= 0.6 is 0 Å². The zero-order valence-corrected chi connectivity index (χ0v) is 14.9. The van der Waals surface area contributed by atoms with Crippen molar-refractivity contribution in [2.75, 3.05) is 19.8 Å². The van der Waals surface area contributed by atoms with E-state index >= 15 is 0 Å². The zero-order valence-electron chi connectivity index (χ0n) is 14.9. The number of amides is 1. The predicted octanol–water partition coefficient (Wildman–Crippen LogP) is 2.10. The van der Waals surface area contributed by atoms with Crippen LogP contribution in [-0.4, -0.2) is 50.8 Å². The minimum atomic E-state index is -0.0318. The van der Waals surface area contributed by atoms with Crippen LogP contribution in [0.5, 0.6) is 11.5 Å². The maximum atomic E-state index is 12.9. The van der Waals surface area contributed by atoms with Gasteiger partial charge < -0.3 is 14.4 Å². The lowest BCUT2D eigenvalue weighted by molar-refractivity contribution is 0.0752. The number of aromatic nitrogens is 4. The number of hydrogen-bond acceptors (Lipinski definition) is 6. The number of fused-ring (bicyclic) bond motifs is 1. The smallest absolute Gasteiger partial charge is 0.254 e. The molecule has 0 N–H and O–H groups in total. The van der Waals surface area contributed by atoms with E-state index in [1.54, 1.807) is 21.7 Å². The molecule has 27 heavy (non-hydrogen) atoms. The number of carbonyl (C=O) groups excluding carboxylic acids is 1.